The summed E-state index contributed by atoms with van der Waals surface area (Å²) in [6.07, 6.45) is 1.59. The normalized spacial score (nSPS) is 12.0. The summed E-state index contributed by atoms with van der Waals surface area (Å²) in [5.74, 6) is 1.04. The number of hydrogen-bond acceptors (Lipinski definition) is 5. The average molecular weight is 439 g/mol. The molecule has 0 fully saturated rings. The molecule has 0 radical (unpaired) electrons. The molecule has 0 saturated carbocycles. The summed E-state index contributed by atoms with van der Waals surface area (Å²) in [6, 6.07) is 18.6. The van der Waals surface area contributed by atoms with Crippen molar-refractivity contribution in [3.05, 3.63) is 83.1 Å². The lowest BCUT2D eigenvalue weighted by Crippen LogP contribution is -2.19. The monoisotopic (exact) mass is 438 g/mol. The van der Waals surface area contributed by atoms with Crippen molar-refractivity contribution in [3.63, 3.8) is 0 Å². The third-order valence-corrected chi connectivity index (χ3v) is 6.28. The van der Waals surface area contributed by atoms with Crippen molar-refractivity contribution in [3.8, 4) is 11.6 Å². The number of benzene rings is 2. The molecular formula is C22H19ClN4O2S. The lowest BCUT2D eigenvalue weighted by atomic mass is 10.1. The highest BCUT2D eigenvalue weighted by molar-refractivity contribution is 8.00. The van der Waals surface area contributed by atoms with Crippen LogP contribution in [0.1, 0.15) is 16.4 Å². The molecule has 0 aliphatic rings. The molecule has 0 bridgehead atoms. The van der Waals surface area contributed by atoms with Gasteiger partial charge in [0.25, 0.3) is 0 Å². The van der Waals surface area contributed by atoms with Crippen LogP contribution in [0.4, 0.5) is 5.69 Å². The minimum absolute atomic E-state index is 0.173. The molecule has 0 aliphatic heterocycles. The molecule has 1 N–H and O–H groups in total. The molecule has 8 heteroatoms. The maximum atomic E-state index is 13.2. The highest BCUT2D eigenvalue weighted by Crippen LogP contribution is 2.36. The second-order valence-corrected chi connectivity index (χ2v) is 8.18. The third-order valence-electron chi connectivity index (χ3n) is 4.58. The maximum absolute atomic E-state index is 13.2. The van der Waals surface area contributed by atoms with Gasteiger partial charge in [0.05, 0.1) is 6.26 Å². The Hall–Kier alpha value is -3.03. The van der Waals surface area contributed by atoms with Crippen molar-refractivity contribution < 1.29 is 9.21 Å². The highest BCUT2D eigenvalue weighted by Gasteiger charge is 2.26. The van der Waals surface area contributed by atoms with Gasteiger partial charge in [-0.15, -0.1) is 10.2 Å². The standard InChI is InChI=1S/C22H19ClN4O2S/c1-14-10-11-16(13-17(14)23)24-21(28)19(15-7-4-3-5-8-15)30-22-26-25-20(27(22)2)18-9-6-12-29-18/h3-13,19H,1-2H3,(H,24,28)/t19-/m0/s1. The minimum Gasteiger partial charge on any atom is -0.461 e. The fourth-order valence-corrected chi connectivity index (χ4v) is 4.11. The topological polar surface area (TPSA) is 73.0 Å². The molecule has 0 aliphatic carbocycles. The Bertz CT molecular complexity index is 1160. The molecule has 4 aromatic rings. The molecule has 1 atom stereocenters. The summed E-state index contributed by atoms with van der Waals surface area (Å²) in [4.78, 5) is 13.2. The second kappa shape index (κ2) is 8.77. The van der Waals surface area contributed by atoms with Gasteiger partial charge in [-0.1, -0.05) is 59.8 Å². The van der Waals surface area contributed by atoms with Gasteiger partial charge in [0.15, 0.2) is 16.7 Å². The number of hydrogen-bond donors (Lipinski definition) is 1. The quantitative estimate of drug-likeness (QED) is 0.402. The van der Waals surface area contributed by atoms with Crippen LogP contribution in [-0.4, -0.2) is 20.7 Å². The van der Waals surface area contributed by atoms with Crippen molar-refractivity contribution in [1.82, 2.24) is 14.8 Å². The first-order valence-electron chi connectivity index (χ1n) is 9.25. The predicted octanol–water partition coefficient (Wildman–Crippen LogP) is 5.51. The van der Waals surface area contributed by atoms with Crippen molar-refractivity contribution >= 4 is 35.0 Å². The highest BCUT2D eigenvalue weighted by atomic mass is 35.5. The summed E-state index contributed by atoms with van der Waals surface area (Å²) in [5.41, 5.74) is 2.46. The summed E-state index contributed by atoms with van der Waals surface area (Å²) < 4.78 is 7.24. The fraction of sp³-hybridized carbons (Fsp3) is 0.136. The summed E-state index contributed by atoms with van der Waals surface area (Å²) in [6.45, 7) is 1.92. The predicted molar refractivity (Wildman–Crippen MR) is 119 cm³/mol. The molecule has 0 spiro atoms. The Morgan fingerprint density at radius 2 is 1.93 bits per heavy atom. The van der Waals surface area contributed by atoms with E-state index in [0.29, 0.717) is 27.5 Å². The third kappa shape index (κ3) is 4.27. The first kappa shape index (κ1) is 20.3. The van der Waals surface area contributed by atoms with Gasteiger partial charge in [-0.2, -0.15) is 0 Å². The van der Waals surface area contributed by atoms with Crippen LogP contribution in [-0.2, 0) is 11.8 Å². The van der Waals surface area contributed by atoms with E-state index in [1.165, 1.54) is 11.8 Å². The van der Waals surface area contributed by atoms with Gasteiger partial charge in [-0.05, 0) is 42.3 Å². The van der Waals surface area contributed by atoms with E-state index in [0.717, 1.165) is 11.1 Å². The summed E-state index contributed by atoms with van der Waals surface area (Å²) >= 11 is 7.53. The number of amides is 1. The molecule has 2 aromatic heterocycles. The molecule has 152 valence electrons. The maximum Gasteiger partial charge on any atom is 0.242 e. The first-order valence-corrected chi connectivity index (χ1v) is 10.5. The van der Waals surface area contributed by atoms with Crippen LogP contribution in [0.2, 0.25) is 5.02 Å². The van der Waals surface area contributed by atoms with Crippen molar-refractivity contribution in [2.24, 2.45) is 7.05 Å². The molecule has 30 heavy (non-hydrogen) atoms. The number of carbonyl (C=O) groups is 1. The smallest absolute Gasteiger partial charge is 0.242 e. The fourth-order valence-electron chi connectivity index (χ4n) is 2.92. The largest absolute Gasteiger partial charge is 0.461 e. The van der Waals surface area contributed by atoms with Gasteiger partial charge in [-0.25, -0.2) is 0 Å². The molecule has 2 heterocycles. The molecule has 0 saturated heterocycles. The van der Waals surface area contributed by atoms with E-state index >= 15 is 0 Å². The zero-order valence-corrected chi connectivity index (χ0v) is 17.9. The second-order valence-electron chi connectivity index (χ2n) is 6.70. The van der Waals surface area contributed by atoms with Gasteiger partial charge in [-0.3, -0.25) is 4.79 Å². The van der Waals surface area contributed by atoms with E-state index in [1.54, 1.807) is 18.4 Å². The van der Waals surface area contributed by atoms with E-state index in [-0.39, 0.29) is 5.91 Å². The van der Waals surface area contributed by atoms with Crippen LogP contribution in [0.5, 0.6) is 0 Å². The van der Waals surface area contributed by atoms with Gasteiger partial charge in [0.2, 0.25) is 5.91 Å². The zero-order valence-electron chi connectivity index (χ0n) is 16.4. The molecule has 2 aromatic carbocycles. The lowest BCUT2D eigenvalue weighted by molar-refractivity contribution is -0.115. The number of thioether (sulfide) groups is 1. The van der Waals surface area contributed by atoms with Crippen molar-refractivity contribution in [2.75, 3.05) is 5.32 Å². The first-order chi connectivity index (χ1) is 14.5. The Kier molecular flexibility index (Phi) is 5.92. The number of halogens is 1. The van der Waals surface area contributed by atoms with Crippen molar-refractivity contribution in [2.45, 2.75) is 17.3 Å². The van der Waals surface area contributed by atoms with Crippen LogP contribution in [0.3, 0.4) is 0 Å². The van der Waals surface area contributed by atoms with Gasteiger partial charge in [0.1, 0.15) is 5.25 Å². The number of furan rings is 1. The molecular weight excluding hydrogens is 420 g/mol. The Labute approximate surface area is 183 Å². The minimum atomic E-state index is -0.529. The number of rotatable bonds is 6. The SMILES string of the molecule is Cc1ccc(NC(=O)[C@@H](Sc2nnc(-c3ccco3)n2C)c2ccccc2)cc1Cl. The zero-order chi connectivity index (χ0) is 21.1. The van der Waals surface area contributed by atoms with Crippen LogP contribution >= 0.6 is 23.4 Å². The molecule has 6 nitrogen and oxygen atoms in total. The van der Waals surface area contributed by atoms with Crippen LogP contribution in [0.15, 0.2) is 76.5 Å². The number of carbonyl (C=O) groups excluding carboxylic acids is 1. The van der Waals surface area contributed by atoms with Gasteiger partial charge < -0.3 is 14.3 Å². The van der Waals surface area contributed by atoms with E-state index < -0.39 is 5.25 Å². The summed E-state index contributed by atoms with van der Waals surface area (Å²) in [5, 5.41) is 12.1. The Morgan fingerprint density at radius 1 is 1.13 bits per heavy atom. The van der Waals surface area contributed by atoms with Gasteiger partial charge >= 0.3 is 0 Å². The average Bonchev–Trinajstić information content (AvgIpc) is 3.39. The van der Waals surface area contributed by atoms with Crippen LogP contribution in [0, 0.1) is 6.92 Å². The number of nitrogens with one attached hydrogen (secondary N) is 1. The number of aromatic nitrogens is 3. The lowest BCUT2D eigenvalue weighted by Gasteiger charge is -2.17. The van der Waals surface area contributed by atoms with Crippen LogP contribution in [0.25, 0.3) is 11.6 Å². The van der Waals surface area contributed by atoms with E-state index in [9.17, 15) is 4.79 Å². The van der Waals surface area contributed by atoms with E-state index in [2.05, 4.69) is 15.5 Å². The van der Waals surface area contributed by atoms with E-state index in [1.807, 2.05) is 67.1 Å². The Morgan fingerprint density at radius 3 is 2.63 bits per heavy atom. The van der Waals surface area contributed by atoms with E-state index in [4.69, 9.17) is 16.0 Å². The molecule has 1 amide bonds. The van der Waals surface area contributed by atoms with Crippen LogP contribution < -0.4 is 5.32 Å². The number of nitrogens with zero attached hydrogens (tertiary/aromatic N) is 3. The summed E-state index contributed by atoms with van der Waals surface area (Å²) in [7, 11) is 1.85. The molecule has 0 unspecified atom stereocenters. The van der Waals surface area contributed by atoms with Crippen molar-refractivity contribution in [1.29, 1.82) is 0 Å². The number of anilines is 1. The molecule has 4 rings (SSSR count). The Balaban J connectivity index is 1.62. The van der Waals surface area contributed by atoms with Gasteiger partial charge in [0, 0.05) is 17.8 Å². The number of aryl methyl sites for hydroxylation is 1.